The Morgan fingerprint density at radius 2 is 1.90 bits per heavy atom. The van der Waals surface area contributed by atoms with Gasteiger partial charge in [-0.25, -0.2) is 13.2 Å². The van der Waals surface area contributed by atoms with Crippen LogP contribution in [0.15, 0.2) is 60.7 Å². The Morgan fingerprint density at radius 3 is 2.62 bits per heavy atom. The van der Waals surface area contributed by atoms with Crippen LogP contribution in [-0.2, 0) is 10.0 Å². The molecule has 0 saturated carbocycles. The highest BCUT2D eigenvalue weighted by Crippen LogP contribution is 2.31. The van der Waals surface area contributed by atoms with Crippen molar-refractivity contribution in [3.63, 3.8) is 0 Å². The van der Waals surface area contributed by atoms with E-state index in [9.17, 15) is 23.1 Å². The molecule has 0 aliphatic carbocycles. The summed E-state index contributed by atoms with van der Waals surface area (Å²) in [6.45, 7) is 3.91. The van der Waals surface area contributed by atoms with Crippen LogP contribution in [0, 0.1) is 5.92 Å². The number of benzene rings is 3. The first-order valence-electron chi connectivity index (χ1n) is 12.7. The highest BCUT2D eigenvalue weighted by atomic mass is 32.2. The first-order chi connectivity index (χ1) is 18.5. The van der Waals surface area contributed by atoms with E-state index < -0.39 is 22.2 Å². The first-order valence-corrected chi connectivity index (χ1v) is 14.6. The molecule has 11 heteroatoms. The fourth-order valence-electron chi connectivity index (χ4n) is 4.62. The van der Waals surface area contributed by atoms with Crippen molar-refractivity contribution in [3.8, 4) is 5.75 Å². The summed E-state index contributed by atoms with van der Waals surface area (Å²) in [6, 6.07) is 17.2. The summed E-state index contributed by atoms with van der Waals surface area (Å²) in [5, 5.41) is 14.7. The van der Waals surface area contributed by atoms with Crippen LogP contribution in [0.2, 0.25) is 0 Å². The van der Waals surface area contributed by atoms with E-state index in [4.69, 9.17) is 4.74 Å². The summed E-state index contributed by atoms with van der Waals surface area (Å²) in [5.41, 5.74) is 1.09. The largest absolute Gasteiger partial charge is 0.487 e. The number of sulfonamides is 1. The number of aliphatic hydroxyl groups excluding tert-OH is 1. The highest BCUT2D eigenvalue weighted by molar-refractivity contribution is 7.92. The van der Waals surface area contributed by atoms with E-state index in [0.717, 1.165) is 17.0 Å². The predicted octanol–water partition coefficient (Wildman–Crippen LogP) is 3.60. The first kappa shape index (κ1) is 28.2. The van der Waals surface area contributed by atoms with Crippen molar-refractivity contribution in [3.05, 3.63) is 66.2 Å². The Hall–Kier alpha value is -3.83. The molecule has 39 heavy (non-hydrogen) atoms. The van der Waals surface area contributed by atoms with E-state index >= 15 is 0 Å². The van der Waals surface area contributed by atoms with Crippen LogP contribution in [0.4, 0.5) is 16.2 Å². The van der Waals surface area contributed by atoms with Crippen LogP contribution < -0.4 is 14.8 Å². The number of hydrogen-bond acceptors (Lipinski definition) is 6. The number of carbonyl (C=O) groups excluding carboxylic acids is 2. The molecule has 3 aromatic carbocycles. The average Bonchev–Trinajstić information content (AvgIpc) is 2.89. The second-order valence-electron chi connectivity index (χ2n) is 10.0. The minimum Gasteiger partial charge on any atom is -0.487 e. The number of likely N-dealkylation sites (N-methyl/N-ethyl adjacent to an activating group) is 1. The fourth-order valence-corrected chi connectivity index (χ4v) is 5.17. The van der Waals surface area contributed by atoms with Gasteiger partial charge >= 0.3 is 6.03 Å². The number of nitrogens with one attached hydrogen (secondary N) is 2. The number of urea groups is 1. The molecule has 4 rings (SSSR count). The van der Waals surface area contributed by atoms with E-state index in [1.54, 1.807) is 24.9 Å². The van der Waals surface area contributed by atoms with E-state index in [1.807, 2.05) is 49.4 Å². The van der Waals surface area contributed by atoms with Crippen molar-refractivity contribution in [2.75, 3.05) is 43.0 Å². The molecule has 0 spiro atoms. The summed E-state index contributed by atoms with van der Waals surface area (Å²) in [7, 11) is -1.89. The Balaban J connectivity index is 1.60. The molecule has 208 valence electrons. The summed E-state index contributed by atoms with van der Waals surface area (Å²) in [4.78, 5) is 29.8. The molecule has 3 amide bonds. The molecule has 3 N–H and O–H groups in total. The molecule has 0 saturated heterocycles. The molecule has 0 fully saturated rings. The maximum atomic E-state index is 13.5. The third kappa shape index (κ3) is 6.61. The number of hydrogen-bond donors (Lipinski definition) is 3. The van der Waals surface area contributed by atoms with E-state index in [-0.39, 0.29) is 54.6 Å². The monoisotopic (exact) mass is 554 g/mol. The summed E-state index contributed by atoms with van der Waals surface area (Å²) >= 11 is 0. The van der Waals surface area contributed by atoms with Gasteiger partial charge in [0.25, 0.3) is 5.91 Å². The van der Waals surface area contributed by atoms with Gasteiger partial charge in [0.1, 0.15) is 11.9 Å². The lowest BCUT2D eigenvalue weighted by atomic mass is 9.99. The maximum absolute atomic E-state index is 13.5. The quantitative estimate of drug-likeness (QED) is 0.410. The lowest BCUT2D eigenvalue weighted by Crippen LogP contribution is -2.50. The number of rotatable bonds is 7. The third-order valence-electron chi connectivity index (χ3n) is 6.80. The zero-order chi connectivity index (χ0) is 28.3. The van der Waals surface area contributed by atoms with Gasteiger partial charge in [0.15, 0.2) is 0 Å². The van der Waals surface area contributed by atoms with Crippen molar-refractivity contribution in [1.29, 1.82) is 0 Å². The number of carbonyl (C=O) groups is 2. The number of amides is 3. The second kappa shape index (κ2) is 11.5. The standard InChI is InChI=1S/C28H34N4O6S/c1-18-15-32(19(2)17-33)27(34)23-14-21(30-39(4,36)37)12-13-25(23)38-26(18)16-31(3)28(35)29-24-11-7-9-20-8-5-6-10-22(20)24/h5-14,18-19,26,30,33H,15-17H2,1-4H3,(H,29,35)/t18-,19-,26-/m1/s1. The highest BCUT2D eigenvalue weighted by Gasteiger charge is 2.34. The van der Waals surface area contributed by atoms with Gasteiger partial charge in [0, 0.05) is 30.6 Å². The fraction of sp³-hybridized carbons (Fsp3) is 0.357. The van der Waals surface area contributed by atoms with Crippen molar-refractivity contribution in [2.45, 2.75) is 26.0 Å². The van der Waals surface area contributed by atoms with Crippen molar-refractivity contribution in [1.82, 2.24) is 9.80 Å². The number of anilines is 2. The second-order valence-corrected chi connectivity index (χ2v) is 11.8. The Morgan fingerprint density at radius 1 is 1.18 bits per heavy atom. The molecule has 1 heterocycles. The van der Waals surface area contributed by atoms with E-state index in [2.05, 4.69) is 10.0 Å². The molecule has 3 atom stereocenters. The predicted molar refractivity (Wildman–Crippen MR) is 152 cm³/mol. The summed E-state index contributed by atoms with van der Waals surface area (Å²) < 4.78 is 32.2. The van der Waals surface area contributed by atoms with Gasteiger partial charge in [-0.05, 0) is 36.6 Å². The number of ether oxygens (including phenoxy) is 1. The zero-order valence-corrected chi connectivity index (χ0v) is 23.2. The molecule has 3 aromatic rings. The van der Waals surface area contributed by atoms with Gasteiger partial charge in [-0.3, -0.25) is 9.52 Å². The molecule has 0 bridgehead atoms. The van der Waals surface area contributed by atoms with Crippen molar-refractivity contribution < 1.29 is 27.9 Å². The van der Waals surface area contributed by atoms with E-state index in [0.29, 0.717) is 5.69 Å². The maximum Gasteiger partial charge on any atom is 0.321 e. The van der Waals surface area contributed by atoms with Crippen molar-refractivity contribution in [2.24, 2.45) is 5.92 Å². The van der Waals surface area contributed by atoms with Crippen LogP contribution in [0.25, 0.3) is 10.8 Å². The SMILES string of the molecule is C[C@@H]1CN([C@H](C)CO)C(=O)c2cc(NS(C)(=O)=O)ccc2O[C@@H]1CN(C)C(=O)Nc1cccc2ccccc12. The lowest BCUT2D eigenvalue weighted by molar-refractivity contribution is 0.0371. The Bertz CT molecular complexity index is 1470. The summed E-state index contributed by atoms with van der Waals surface area (Å²) in [6.07, 6.45) is 0.529. The smallest absolute Gasteiger partial charge is 0.321 e. The van der Waals surface area contributed by atoms with Crippen LogP contribution in [0.1, 0.15) is 24.2 Å². The minimum absolute atomic E-state index is 0.170. The normalized spacial score (nSPS) is 18.4. The number of aliphatic hydroxyl groups is 1. The molecular weight excluding hydrogens is 520 g/mol. The lowest BCUT2D eigenvalue weighted by Gasteiger charge is -2.38. The summed E-state index contributed by atoms with van der Waals surface area (Å²) in [5.74, 6) is -0.303. The molecule has 0 unspecified atom stereocenters. The molecule has 1 aliphatic rings. The third-order valence-corrected chi connectivity index (χ3v) is 7.41. The Labute approximate surface area is 228 Å². The Kier molecular flexibility index (Phi) is 8.31. The van der Waals surface area contributed by atoms with Crippen molar-refractivity contribution >= 4 is 44.1 Å². The molecule has 0 radical (unpaired) electrons. The molecule has 1 aliphatic heterocycles. The van der Waals surface area contributed by atoms with Gasteiger partial charge in [-0.2, -0.15) is 0 Å². The van der Waals surface area contributed by atoms with Gasteiger partial charge < -0.3 is 25.0 Å². The zero-order valence-electron chi connectivity index (χ0n) is 22.4. The van der Waals surface area contributed by atoms with Crippen LogP contribution in [0.3, 0.4) is 0 Å². The van der Waals surface area contributed by atoms with Crippen LogP contribution in [0.5, 0.6) is 5.75 Å². The molecule has 10 nitrogen and oxygen atoms in total. The topological polar surface area (TPSA) is 128 Å². The average molecular weight is 555 g/mol. The van der Waals surface area contributed by atoms with Gasteiger partial charge in [-0.15, -0.1) is 0 Å². The number of fused-ring (bicyclic) bond motifs is 2. The minimum atomic E-state index is -3.56. The van der Waals surface area contributed by atoms with Gasteiger partial charge in [0.05, 0.1) is 36.7 Å². The van der Waals surface area contributed by atoms with Gasteiger partial charge in [0.2, 0.25) is 10.0 Å². The molecular formula is C28H34N4O6S. The van der Waals surface area contributed by atoms with Crippen LogP contribution >= 0.6 is 0 Å². The van der Waals surface area contributed by atoms with E-state index in [1.165, 1.54) is 17.0 Å². The molecule has 0 aromatic heterocycles. The van der Waals surface area contributed by atoms with Crippen LogP contribution in [-0.4, -0.2) is 80.4 Å². The number of nitrogens with zero attached hydrogens (tertiary/aromatic N) is 2. The van der Waals surface area contributed by atoms with Gasteiger partial charge in [-0.1, -0.05) is 43.3 Å².